The van der Waals surface area contributed by atoms with Crippen LogP contribution in [0, 0.1) is 5.92 Å². The molecule has 0 rings (SSSR count). The van der Waals surface area contributed by atoms with Gasteiger partial charge in [-0.1, -0.05) is 26.7 Å². The zero-order chi connectivity index (χ0) is 13.3. The summed E-state index contributed by atoms with van der Waals surface area (Å²) in [5, 5.41) is 20.1. The number of hydrogen-bond donors (Lipinski definition) is 3. The van der Waals surface area contributed by atoms with Crippen molar-refractivity contribution in [3.05, 3.63) is 0 Å². The maximum Gasteiger partial charge on any atom is 0.326 e. The number of hydrogen-bond acceptors (Lipinski definition) is 3. The highest BCUT2D eigenvalue weighted by Gasteiger charge is 2.23. The van der Waals surface area contributed by atoms with Gasteiger partial charge in [-0.15, -0.1) is 0 Å². The first-order valence-electron chi connectivity index (χ1n) is 6.20. The molecule has 1 atom stereocenters. The van der Waals surface area contributed by atoms with Crippen LogP contribution in [0.5, 0.6) is 0 Å². The fourth-order valence-corrected chi connectivity index (χ4v) is 1.78. The minimum absolute atomic E-state index is 0.0477. The fraction of sp³-hybridized carbons (Fsp3) is 0.833. The molecule has 3 N–H and O–H groups in total. The number of amides is 1. The van der Waals surface area contributed by atoms with E-state index in [1.54, 1.807) is 0 Å². The number of carboxylic acids is 1. The summed E-state index contributed by atoms with van der Waals surface area (Å²) in [6.07, 6.45) is 3.38. The molecule has 0 aromatic rings. The van der Waals surface area contributed by atoms with Gasteiger partial charge in [0.05, 0.1) is 0 Å². The zero-order valence-electron chi connectivity index (χ0n) is 10.6. The summed E-state index contributed by atoms with van der Waals surface area (Å²) in [5.41, 5.74) is 0. The molecular formula is C12H23NO4. The summed E-state index contributed by atoms with van der Waals surface area (Å²) in [7, 11) is 0. The Morgan fingerprint density at radius 2 is 1.65 bits per heavy atom. The standard InChI is InChI=1S/C12H23NO4/c1-3-5-9(6-4-2)11(15)13-10(7-8-14)12(16)17/h9-10,14H,3-8H2,1-2H3,(H,13,15)(H,16,17)/t10-/m1/s1. The Bertz CT molecular complexity index is 237. The quantitative estimate of drug-likeness (QED) is 0.569. The summed E-state index contributed by atoms with van der Waals surface area (Å²) in [6, 6.07) is -0.983. The molecule has 100 valence electrons. The number of aliphatic carboxylic acids is 1. The van der Waals surface area contributed by atoms with E-state index in [1.165, 1.54) is 0 Å². The van der Waals surface area contributed by atoms with E-state index in [0.717, 1.165) is 25.7 Å². The van der Waals surface area contributed by atoms with E-state index in [2.05, 4.69) is 5.32 Å². The molecule has 0 bridgehead atoms. The molecular weight excluding hydrogens is 222 g/mol. The van der Waals surface area contributed by atoms with E-state index in [1.807, 2.05) is 13.8 Å². The summed E-state index contributed by atoms with van der Waals surface area (Å²) >= 11 is 0. The van der Waals surface area contributed by atoms with Crippen LogP contribution in [0.1, 0.15) is 46.0 Å². The Morgan fingerprint density at radius 1 is 1.12 bits per heavy atom. The highest BCUT2D eigenvalue weighted by atomic mass is 16.4. The molecule has 0 spiro atoms. The van der Waals surface area contributed by atoms with Gasteiger partial charge in [0.15, 0.2) is 0 Å². The molecule has 0 saturated carbocycles. The predicted molar refractivity (Wildman–Crippen MR) is 64.6 cm³/mol. The Labute approximate surface area is 102 Å². The van der Waals surface area contributed by atoms with Gasteiger partial charge in [-0.25, -0.2) is 4.79 Å². The molecule has 0 saturated heterocycles. The maximum absolute atomic E-state index is 11.9. The Hall–Kier alpha value is -1.10. The van der Waals surface area contributed by atoms with Gasteiger partial charge in [-0.05, 0) is 12.8 Å². The van der Waals surface area contributed by atoms with Crippen LogP contribution in [0.15, 0.2) is 0 Å². The monoisotopic (exact) mass is 245 g/mol. The molecule has 0 aliphatic heterocycles. The normalized spacial score (nSPS) is 12.5. The van der Waals surface area contributed by atoms with Crippen LogP contribution < -0.4 is 5.32 Å². The van der Waals surface area contributed by atoms with Crippen molar-refractivity contribution in [3.63, 3.8) is 0 Å². The molecule has 0 aromatic heterocycles. The second kappa shape index (κ2) is 8.98. The van der Waals surface area contributed by atoms with E-state index >= 15 is 0 Å². The average Bonchev–Trinajstić information content (AvgIpc) is 2.28. The van der Waals surface area contributed by atoms with Gasteiger partial charge < -0.3 is 15.5 Å². The molecule has 0 aromatic carbocycles. The van der Waals surface area contributed by atoms with E-state index < -0.39 is 12.0 Å². The van der Waals surface area contributed by atoms with E-state index in [4.69, 9.17) is 10.2 Å². The Kier molecular flexibility index (Phi) is 8.40. The van der Waals surface area contributed by atoms with Gasteiger partial charge in [0.1, 0.15) is 6.04 Å². The van der Waals surface area contributed by atoms with Gasteiger partial charge in [-0.2, -0.15) is 0 Å². The van der Waals surface area contributed by atoms with E-state index in [-0.39, 0.29) is 24.9 Å². The van der Waals surface area contributed by atoms with E-state index in [0.29, 0.717) is 0 Å². The highest BCUT2D eigenvalue weighted by molar-refractivity contribution is 5.84. The van der Waals surface area contributed by atoms with Gasteiger partial charge in [0.2, 0.25) is 5.91 Å². The molecule has 5 nitrogen and oxygen atoms in total. The van der Waals surface area contributed by atoms with Crippen molar-refractivity contribution in [2.24, 2.45) is 5.92 Å². The topological polar surface area (TPSA) is 86.6 Å². The number of aliphatic hydroxyl groups excluding tert-OH is 1. The first-order chi connectivity index (χ1) is 8.06. The molecule has 0 heterocycles. The summed E-state index contributed by atoms with van der Waals surface area (Å²) in [6.45, 7) is 3.75. The maximum atomic E-state index is 11.9. The lowest BCUT2D eigenvalue weighted by atomic mass is 9.97. The van der Waals surface area contributed by atoms with Crippen LogP contribution in [0.4, 0.5) is 0 Å². The minimum atomic E-state index is -1.10. The van der Waals surface area contributed by atoms with Crippen molar-refractivity contribution in [3.8, 4) is 0 Å². The van der Waals surface area contributed by atoms with Gasteiger partial charge in [0.25, 0.3) is 0 Å². The van der Waals surface area contributed by atoms with Crippen LogP contribution >= 0.6 is 0 Å². The number of carbonyl (C=O) groups excluding carboxylic acids is 1. The molecule has 5 heteroatoms. The summed E-state index contributed by atoms with van der Waals surface area (Å²) in [5.74, 6) is -1.43. The van der Waals surface area contributed by atoms with Crippen LogP contribution in [0.25, 0.3) is 0 Å². The number of aliphatic hydroxyl groups is 1. The molecule has 0 unspecified atom stereocenters. The van der Waals surface area contributed by atoms with Crippen molar-refractivity contribution in [1.29, 1.82) is 0 Å². The first kappa shape index (κ1) is 15.9. The number of carboxylic acid groups (broad SMARTS) is 1. The number of rotatable bonds is 9. The van der Waals surface area contributed by atoms with Gasteiger partial charge >= 0.3 is 5.97 Å². The van der Waals surface area contributed by atoms with Crippen molar-refractivity contribution in [2.75, 3.05) is 6.61 Å². The summed E-state index contributed by atoms with van der Waals surface area (Å²) in [4.78, 5) is 22.7. The van der Waals surface area contributed by atoms with Crippen LogP contribution in [-0.4, -0.2) is 34.7 Å². The molecule has 0 radical (unpaired) electrons. The average molecular weight is 245 g/mol. The number of carbonyl (C=O) groups is 2. The van der Waals surface area contributed by atoms with Crippen LogP contribution in [0.3, 0.4) is 0 Å². The third-order valence-corrected chi connectivity index (χ3v) is 2.68. The fourth-order valence-electron chi connectivity index (χ4n) is 1.78. The van der Waals surface area contributed by atoms with E-state index in [9.17, 15) is 9.59 Å². The van der Waals surface area contributed by atoms with Crippen LogP contribution in [0.2, 0.25) is 0 Å². The zero-order valence-corrected chi connectivity index (χ0v) is 10.6. The Balaban J connectivity index is 4.38. The molecule has 0 aliphatic rings. The highest BCUT2D eigenvalue weighted by Crippen LogP contribution is 2.14. The first-order valence-corrected chi connectivity index (χ1v) is 6.20. The van der Waals surface area contributed by atoms with Crippen molar-refractivity contribution in [2.45, 2.75) is 52.0 Å². The third kappa shape index (κ3) is 6.26. The molecule has 0 aliphatic carbocycles. The SMILES string of the molecule is CCCC(CCC)C(=O)N[C@H](CCO)C(=O)O. The van der Waals surface area contributed by atoms with Crippen LogP contribution in [-0.2, 0) is 9.59 Å². The Morgan fingerprint density at radius 3 is 2.00 bits per heavy atom. The van der Waals surface area contributed by atoms with Gasteiger partial charge in [-0.3, -0.25) is 4.79 Å². The third-order valence-electron chi connectivity index (χ3n) is 2.68. The summed E-state index contributed by atoms with van der Waals surface area (Å²) < 4.78 is 0. The predicted octanol–water partition coefficient (Wildman–Crippen LogP) is 1.15. The number of nitrogens with one attached hydrogen (secondary N) is 1. The molecule has 17 heavy (non-hydrogen) atoms. The second-order valence-corrected chi connectivity index (χ2v) is 4.19. The van der Waals surface area contributed by atoms with Crippen molar-refractivity contribution < 1.29 is 19.8 Å². The largest absolute Gasteiger partial charge is 0.480 e. The van der Waals surface area contributed by atoms with Gasteiger partial charge in [0, 0.05) is 18.9 Å². The lowest BCUT2D eigenvalue weighted by Crippen LogP contribution is -2.44. The molecule has 1 amide bonds. The smallest absolute Gasteiger partial charge is 0.326 e. The lowest BCUT2D eigenvalue weighted by Gasteiger charge is -2.19. The minimum Gasteiger partial charge on any atom is -0.480 e. The second-order valence-electron chi connectivity index (χ2n) is 4.19. The molecule has 0 fully saturated rings. The lowest BCUT2D eigenvalue weighted by molar-refractivity contribution is -0.143. The van der Waals surface area contributed by atoms with Crippen molar-refractivity contribution in [1.82, 2.24) is 5.32 Å². The van der Waals surface area contributed by atoms with Crippen molar-refractivity contribution >= 4 is 11.9 Å².